The largest absolute Gasteiger partial charge is 0.495 e. The minimum Gasteiger partial charge on any atom is -0.495 e. The lowest BCUT2D eigenvalue weighted by Crippen LogP contribution is -2.31. The Morgan fingerprint density at radius 1 is 1.29 bits per heavy atom. The predicted molar refractivity (Wildman–Crippen MR) is 117 cm³/mol. The van der Waals surface area contributed by atoms with Gasteiger partial charge in [-0.2, -0.15) is 5.10 Å². The van der Waals surface area contributed by atoms with Gasteiger partial charge in [0.25, 0.3) is 0 Å². The van der Waals surface area contributed by atoms with Crippen LogP contribution in [0.5, 0.6) is 5.75 Å². The molecule has 7 nitrogen and oxygen atoms in total. The summed E-state index contributed by atoms with van der Waals surface area (Å²) in [5.74, 6) is -0.545. The zero-order chi connectivity index (χ0) is 22.0. The second-order valence-electron chi connectivity index (χ2n) is 7.82. The number of carboxylic acid groups (broad SMARTS) is 1. The molecule has 1 aliphatic rings. The maximum absolute atomic E-state index is 11.5. The number of methoxy groups -OCH3 is 1. The monoisotopic (exact) mass is 444 g/mol. The normalized spacial score (nSPS) is 16.5. The zero-order valence-corrected chi connectivity index (χ0v) is 18.0. The van der Waals surface area contributed by atoms with Crippen molar-refractivity contribution in [1.82, 2.24) is 9.78 Å². The van der Waals surface area contributed by atoms with Gasteiger partial charge in [-0.1, -0.05) is 42.6 Å². The molecule has 0 amide bonds. The number of ether oxygens (including phenoxy) is 2. The second-order valence-corrected chi connectivity index (χ2v) is 8.23. The van der Waals surface area contributed by atoms with E-state index in [0.29, 0.717) is 21.9 Å². The van der Waals surface area contributed by atoms with Gasteiger partial charge in [-0.3, -0.25) is 4.68 Å². The van der Waals surface area contributed by atoms with E-state index >= 15 is 0 Å². The van der Waals surface area contributed by atoms with E-state index in [2.05, 4.69) is 5.10 Å². The summed E-state index contributed by atoms with van der Waals surface area (Å²) in [5.41, 5.74) is 1.19. The van der Waals surface area contributed by atoms with Crippen molar-refractivity contribution in [2.45, 2.75) is 50.5 Å². The first kappa shape index (κ1) is 21.6. The highest BCUT2D eigenvalue weighted by Crippen LogP contribution is 2.32. The molecule has 8 heteroatoms. The number of rotatable bonds is 8. The molecule has 2 aromatic carbocycles. The molecule has 0 spiro atoms. The fourth-order valence-electron chi connectivity index (χ4n) is 4.11. The Balaban J connectivity index is 1.64. The number of benzene rings is 2. The van der Waals surface area contributed by atoms with Gasteiger partial charge in [0, 0.05) is 11.6 Å². The molecule has 1 aromatic heterocycles. The summed E-state index contributed by atoms with van der Waals surface area (Å²) in [6.45, 7) is 0.274. The molecule has 0 radical (unpaired) electrons. The lowest BCUT2D eigenvalue weighted by molar-refractivity contribution is -0.0844. The fourth-order valence-corrected chi connectivity index (χ4v) is 4.30. The number of nitrogens with zero attached hydrogens (tertiary/aromatic N) is 2. The van der Waals surface area contributed by atoms with E-state index in [1.807, 2.05) is 6.07 Å². The quantitative estimate of drug-likeness (QED) is 0.532. The third kappa shape index (κ3) is 4.69. The number of aliphatic hydroxyl groups is 1. The molecule has 31 heavy (non-hydrogen) atoms. The molecule has 0 saturated heterocycles. The number of carboxylic acids is 1. The minimum absolute atomic E-state index is 0.0772. The van der Waals surface area contributed by atoms with Crippen molar-refractivity contribution in [3.05, 3.63) is 58.7 Å². The van der Waals surface area contributed by atoms with E-state index in [-0.39, 0.29) is 18.2 Å². The van der Waals surface area contributed by atoms with Crippen LogP contribution in [-0.4, -0.2) is 45.3 Å². The topological polar surface area (TPSA) is 93.8 Å². The third-order valence-electron chi connectivity index (χ3n) is 5.72. The van der Waals surface area contributed by atoms with Crippen molar-refractivity contribution in [3.63, 3.8) is 0 Å². The molecule has 0 bridgehead atoms. The second kappa shape index (κ2) is 9.26. The number of hydrogen-bond donors (Lipinski definition) is 2. The van der Waals surface area contributed by atoms with Crippen LogP contribution in [0, 0.1) is 0 Å². The Morgan fingerprint density at radius 3 is 2.77 bits per heavy atom. The molecule has 1 saturated carbocycles. The fraction of sp³-hybridized carbons (Fsp3) is 0.391. The SMILES string of the molecule is COc1cc([C@@H](O)[C@H](Cn2cc3cccc(C(=O)O)c3n2)OC2CCCC2)ccc1Cl. The zero-order valence-electron chi connectivity index (χ0n) is 17.2. The predicted octanol–water partition coefficient (Wildman–Crippen LogP) is 4.46. The van der Waals surface area contributed by atoms with Gasteiger partial charge in [-0.25, -0.2) is 4.79 Å². The minimum atomic E-state index is -1.03. The Morgan fingerprint density at radius 2 is 2.06 bits per heavy atom. The van der Waals surface area contributed by atoms with Crippen LogP contribution in [0.3, 0.4) is 0 Å². The molecule has 2 atom stereocenters. The molecule has 1 fully saturated rings. The standard InChI is InChI=1S/C23H25ClN2O5/c1-30-19-11-14(9-10-18(19)24)22(27)20(31-16-6-2-3-7-16)13-26-12-15-5-4-8-17(23(28)29)21(15)25-26/h4-5,8-12,16,20,22,27H,2-3,6-7,13H2,1H3,(H,28,29)/t20-,22+/m0/s1. The van der Waals surface area contributed by atoms with Gasteiger partial charge < -0.3 is 19.7 Å². The van der Waals surface area contributed by atoms with Gasteiger partial charge in [0.05, 0.1) is 30.3 Å². The van der Waals surface area contributed by atoms with E-state index in [1.165, 1.54) is 13.2 Å². The summed E-state index contributed by atoms with van der Waals surface area (Å²) in [4.78, 5) is 11.5. The molecule has 164 valence electrons. The van der Waals surface area contributed by atoms with E-state index in [9.17, 15) is 15.0 Å². The van der Waals surface area contributed by atoms with Crippen LogP contribution in [0.25, 0.3) is 10.9 Å². The highest BCUT2D eigenvalue weighted by molar-refractivity contribution is 6.32. The number of fused-ring (bicyclic) bond motifs is 1. The van der Waals surface area contributed by atoms with E-state index in [1.54, 1.807) is 35.1 Å². The first-order valence-electron chi connectivity index (χ1n) is 10.3. The smallest absolute Gasteiger partial charge is 0.337 e. The number of hydrogen-bond acceptors (Lipinski definition) is 5. The van der Waals surface area contributed by atoms with Gasteiger partial charge in [-0.05, 0) is 36.6 Å². The van der Waals surface area contributed by atoms with Gasteiger partial charge >= 0.3 is 5.97 Å². The van der Waals surface area contributed by atoms with Gasteiger partial charge in [0.15, 0.2) is 0 Å². The van der Waals surface area contributed by atoms with Crippen molar-refractivity contribution < 1.29 is 24.5 Å². The molecule has 2 N–H and O–H groups in total. The number of halogens is 1. The number of aromatic carboxylic acids is 1. The van der Waals surface area contributed by atoms with Crippen LogP contribution in [0.4, 0.5) is 0 Å². The van der Waals surface area contributed by atoms with Crippen molar-refractivity contribution in [1.29, 1.82) is 0 Å². The highest BCUT2D eigenvalue weighted by Gasteiger charge is 2.28. The maximum atomic E-state index is 11.5. The summed E-state index contributed by atoms with van der Waals surface area (Å²) in [7, 11) is 1.53. The Kier molecular flexibility index (Phi) is 6.46. The molecule has 0 unspecified atom stereocenters. The summed E-state index contributed by atoms with van der Waals surface area (Å²) in [5, 5.41) is 26.3. The molecular formula is C23H25ClN2O5. The van der Waals surface area contributed by atoms with Crippen molar-refractivity contribution in [2.24, 2.45) is 0 Å². The summed E-state index contributed by atoms with van der Waals surface area (Å²) < 4.78 is 13.2. The number of aromatic nitrogens is 2. The van der Waals surface area contributed by atoms with E-state index in [0.717, 1.165) is 31.1 Å². The Labute approximate surface area is 185 Å². The molecule has 1 aliphatic carbocycles. The summed E-state index contributed by atoms with van der Waals surface area (Å²) >= 11 is 6.13. The van der Waals surface area contributed by atoms with Crippen molar-refractivity contribution in [2.75, 3.05) is 7.11 Å². The molecule has 0 aliphatic heterocycles. The Hall–Kier alpha value is -2.61. The third-order valence-corrected chi connectivity index (χ3v) is 6.03. The highest BCUT2D eigenvalue weighted by atomic mass is 35.5. The molecule has 1 heterocycles. The van der Waals surface area contributed by atoms with Crippen LogP contribution in [0.2, 0.25) is 5.02 Å². The van der Waals surface area contributed by atoms with Gasteiger partial charge in [0.2, 0.25) is 0 Å². The van der Waals surface area contributed by atoms with Crippen LogP contribution >= 0.6 is 11.6 Å². The average Bonchev–Trinajstić information content (AvgIpc) is 3.42. The first-order valence-corrected chi connectivity index (χ1v) is 10.7. The number of aliphatic hydroxyl groups excluding tert-OH is 1. The molecule has 4 rings (SSSR count). The Bertz CT molecular complexity index is 1080. The van der Waals surface area contributed by atoms with Crippen molar-refractivity contribution >= 4 is 28.5 Å². The van der Waals surface area contributed by atoms with Crippen LogP contribution in [0.15, 0.2) is 42.6 Å². The van der Waals surface area contributed by atoms with Crippen LogP contribution in [-0.2, 0) is 11.3 Å². The summed E-state index contributed by atoms with van der Waals surface area (Å²) in [6.07, 6.45) is 4.48. The maximum Gasteiger partial charge on any atom is 0.337 e. The lowest BCUT2D eigenvalue weighted by atomic mass is 10.0. The van der Waals surface area contributed by atoms with Crippen molar-refractivity contribution in [3.8, 4) is 5.75 Å². The molecule has 3 aromatic rings. The lowest BCUT2D eigenvalue weighted by Gasteiger charge is -2.27. The van der Waals surface area contributed by atoms with Crippen LogP contribution < -0.4 is 4.74 Å². The van der Waals surface area contributed by atoms with Crippen LogP contribution in [0.1, 0.15) is 47.7 Å². The first-order chi connectivity index (χ1) is 15.0. The van der Waals surface area contributed by atoms with E-state index < -0.39 is 18.2 Å². The summed E-state index contributed by atoms with van der Waals surface area (Å²) in [6, 6.07) is 10.2. The van der Waals surface area contributed by atoms with E-state index in [4.69, 9.17) is 21.1 Å². The number of carbonyl (C=O) groups is 1. The van der Waals surface area contributed by atoms with Gasteiger partial charge in [0.1, 0.15) is 23.5 Å². The van der Waals surface area contributed by atoms with Gasteiger partial charge in [-0.15, -0.1) is 0 Å². The average molecular weight is 445 g/mol. The molecular weight excluding hydrogens is 420 g/mol.